The van der Waals surface area contributed by atoms with Crippen molar-refractivity contribution in [3.05, 3.63) is 53.6 Å². The fraction of sp³-hybridized carbons (Fsp3) is 0.133. The van der Waals surface area contributed by atoms with Crippen LogP contribution in [0.3, 0.4) is 0 Å². The van der Waals surface area contributed by atoms with Crippen LogP contribution in [-0.4, -0.2) is 17.7 Å². The van der Waals surface area contributed by atoms with Crippen molar-refractivity contribution in [3.63, 3.8) is 0 Å². The zero-order chi connectivity index (χ0) is 12.5. The number of fused-ring (bicyclic) bond motifs is 1. The second-order valence-electron chi connectivity index (χ2n) is 4.28. The summed E-state index contributed by atoms with van der Waals surface area (Å²) >= 11 is 0. The maximum atomic E-state index is 11.3. The van der Waals surface area contributed by atoms with Gasteiger partial charge in [0.15, 0.2) is 0 Å². The van der Waals surface area contributed by atoms with Crippen LogP contribution in [-0.2, 0) is 6.42 Å². The lowest BCUT2D eigenvalue weighted by Gasteiger charge is -2.09. The topological polar surface area (TPSA) is 46.5 Å². The molecule has 2 aromatic carbocycles. The van der Waals surface area contributed by atoms with E-state index in [0.717, 1.165) is 23.1 Å². The Hall–Kier alpha value is -2.29. The van der Waals surface area contributed by atoms with Crippen LogP contribution in [0.25, 0.3) is 11.1 Å². The molecule has 0 fully saturated rings. The van der Waals surface area contributed by atoms with Crippen molar-refractivity contribution in [2.75, 3.05) is 6.61 Å². The van der Waals surface area contributed by atoms with Gasteiger partial charge in [0.2, 0.25) is 0 Å². The van der Waals surface area contributed by atoms with E-state index in [-0.39, 0.29) is 0 Å². The number of ether oxygens (including phenoxy) is 1. The lowest BCUT2D eigenvalue weighted by molar-refractivity contribution is 0.0697. The summed E-state index contributed by atoms with van der Waals surface area (Å²) in [6.45, 7) is 0.632. The molecule has 18 heavy (non-hydrogen) atoms. The van der Waals surface area contributed by atoms with Gasteiger partial charge in [0.1, 0.15) is 5.75 Å². The molecule has 0 aliphatic carbocycles. The lowest BCUT2D eigenvalue weighted by Crippen LogP contribution is -2.00. The molecule has 0 radical (unpaired) electrons. The molecule has 90 valence electrons. The van der Waals surface area contributed by atoms with Crippen molar-refractivity contribution in [3.8, 4) is 16.9 Å². The van der Waals surface area contributed by atoms with Crippen LogP contribution in [0.5, 0.6) is 5.75 Å². The zero-order valence-corrected chi connectivity index (χ0v) is 9.72. The van der Waals surface area contributed by atoms with E-state index in [2.05, 4.69) is 0 Å². The van der Waals surface area contributed by atoms with E-state index >= 15 is 0 Å². The van der Waals surface area contributed by atoms with Crippen LogP contribution in [0.1, 0.15) is 15.9 Å². The molecular formula is C15H12O3. The number of carbonyl (C=O) groups is 1. The van der Waals surface area contributed by atoms with Crippen molar-refractivity contribution in [2.45, 2.75) is 6.42 Å². The molecule has 0 unspecified atom stereocenters. The van der Waals surface area contributed by atoms with Gasteiger partial charge < -0.3 is 9.84 Å². The average Bonchev–Trinajstić information content (AvgIpc) is 2.85. The van der Waals surface area contributed by atoms with Gasteiger partial charge >= 0.3 is 5.97 Å². The lowest BCUT2D eigenvalue weighted by atomic mass is 9.96. The predicted molar refractivity (Wildman–Crippen MR) is 68.0 cm³/mol. The number of aromatic carboxylic acids is 1. The van der Waals surface area contributed by atoms with Crippen molar-refractivity contribution in [1.29, 1.82) is 0 Å². The van der Waals surface area contributed by atoms with Crippen LogP contribution >= 0.6 is 0 Å². The first-order valence-corrected chi connectivity index (χ1v) is 5.84. The predicted octanol–water partition coefficient (Wildman–Crippen LogP) is 2.99. The Kier molecular flexibility index (Phi) is 2.52. The summed E-state index contributed by atoms with van der Waals surface area (Å²) in [5.41, 5.74) is 3.05. The molecule has 3 nitrogen and oxygen atoms in total. The first-order chi connectivity index (χ1) is 8.75. The van der Waals surface area contributed by atoms with Gasteiger partial charge in [-0.05, 0) is 28.8 Å². The third kappa shape index (κ3) is 1.74. The van der Waals surface area contributed by atoms with Gasteiger partial charge in [0.25, 0.3) is 0 Å². The van der Waals surface area contributed by atoms with E-state index in [1.165, 1.54) is 0 Å². The Labute approximate surface area is 105 Å². The van der Waals surface area contributed by atoms with Crippen molar-refractivity contribution in [2.24, 2.45) is 0 Å². The molecule has 0 saturated carbocycles. The summed E-state index contributed by atoms with van der Waals surface area (Å²) in [7, 11) is 0. The first-order valence-electron chi connectivity index (χ1n) is 5.84. The molecule has 0 spiro atoms. The van der Waals surface area contributed by atoms with Crippen LogP contribution in [0, 0.1) is 0 Å². The highest BCUT2D eigenvalue weighted by atomic mass is 16.5. The van der Waals surface area contributed by atoms with E-state index in [1.54, 1.807) is 6.07 Å². The van der Waals surface area contributed by atoms with Gasteiger partial charge in [0, 0.05) is 6.42 Å². The largest absolute Gasteiger partial charge is 0.493 e. The van der Waals surface area contributed by atoms with Crippen LogP contribution in [0.2, 0.25) is 0 Å². The molecule has 0 amide bonds. The highest BCUT2D eigenvalue weighted by molar-refractivity contribution is 5.97. The fourth-order valence-electron chi connectivity index (χ4n) is 2.26. The Balaban J connectivity index is 2.21. The van der Waals surface area contributed by atoms with Crippen molar-refractivity contribution in [1.82, 2.24) is 0 Å². The first kappa shape index (κ1) is 10.8. The van der Waals surface area contributed by atoms with Crippen molar-refractivity contribution < 1.29 is 14.6 Å². The second kappa shape index (κ2) is 4.18. The number of carboxylic acids is 1. The van der Waals surface area contributed by atoms with Crippen LogP contribution < -0.4 is 4.74 Å². The van der Waals surface area contributed by atoms with E-state index in [9.17, 15) is 9.90 Å². The van der Waals surface area contributed by atoms with Crippen molar-refractivity contribution >= 4 is 5.97 Å². The molecule has 0 bridgehead atoms. The second-order valence-corrected chi connectivity index (χ2v) is 4.28. The Morgan fingerprint density at radius 1 is 1.17 bits per heavy atom. The highest BCUT2D eigenvalue weighted by Gasteiger charge is 2.19. The quantitative estimate of drug-likeness (QED) is 0.877. The summed E-state index contributed by atoms with van der Waals surface area (Å²) in [4.78, 5) is 11.3. The SMILES string of the molecule is O=C(O)c1cc2c(cc1-c1ccccc1)CCO2. The number of carboxylic acid groups (broad SMARTS) is 1. The monoisotopic (exact) mass is 240 g/mol. The minimum atomic E-state index is -0.924. The summed E-state index contributed by atoms with van der Waals surface area (Å²) < 4.78 is 5.42. The van der Waals surface area contributed by atoms with Crippen LogP contribution in [0.15, 0.2) is 42.5 Å². The number of benzene rings is 2. The molecular weight excluding hydrogens is 228 g/mol. The fourth-order valence-corrected chi connectivity index (χ4v) is 2.26. The summed E-state index contributed by atoms with van der Waals surface area (Å²) in [5, 5.41) is 9.30. The zero-order valence-electron chi connectivity index (χ0n) is 9.72. The van der Waals surface area contributed by atoms with Gasteiger partial charge in [-0.15, -0.1) is 0 Å². The minimum absolute atomic E-state index is 0.293. The third-order valence-corrected chi connectivity index (χ3v) is 3.14. The minimum Gasteiger partial charge on any atom is -0.493 e. The molecule has 0 atom stereocenters. The van der Waals surface area contributed by atoms with E-state index in [1.807, 2.05) is 36.4 Å². The maximum absolute atomic E-state index is 11.3. The van der Waals surface area contributed by atoms with E-state index in [4.69, 9.17) is 4.74 Å². The highest BCUT2D eigenvalue weighted by Crippen LogP contribution is 2.33. The molecule has 0 aromatic heterocycles. The van der Waals surface area contributed by atoms with Crippen LogP contribution in [0.4, 0.5) is 0 Å². The van der Waals surface area contributed by atoms with Gasteiger partial charge in [-0.25, -0.2) is 4.79 Å². The smallest absolute Gasteiger partial charge is 0.336 e. The summed E-state index contributed by atoms with van der Waals surface area (Å²) in [5.74, 6) is -0.223. The van der Waals surface area contributed by atoms with E-state index < -0.39 is 5.97 Å². The molecule has 1 heterocycles. The Morgan fingerprint density at radius 2 is 1.94 bits per heavy atom. The molecule has 1 aliphatic heterocycles. The van der Waals surface area contributed by atoms with Gasteiger partial charge in [-0.3, -0.25) is 0 Å². The van der Waals surface area contributed by atoms with Gasteiger partial charge in [-0.2, -0.15) is 0 Å². The molecule has 1 N–H and O–H groups in total. The molecule has 3 heteroatoms. The van der Waals surface area contributed by atoms with Gasteiger partial charge in [-0.1, -0.05) is 30.3 Å². The molecule has 0 saturated heterocycles. The van der Waals surface area contributed by atoms with Gasteiger partial charge in [0.05, 0.1) is 12.2 Å². The average molecular weight is 240 g/mol. The number of rotatable bonds is 2. The summed E-state index contributed by atoms with van der Waals surface area (Å²) in [6.07, 6.45) is 0.842. The van der Waals surface area contributed by atoms with E-state index in [0.29, 0.717) is 17.9 Å². The molecule has 2 aromatic rings. The molecule has 1 aliphatic rings. The standard InChI is InChI=1S/C15H12O3/c16-15(17)13-9-14-11(6-7-18-14)8-12(13)10-4-2-1-3-5-10/h1-5,8-9H,6-7H2,(H,16,17). The number of hydrogen-bond donors (Lipinski definition) is 1. The number of hydrogen-bond acceptors (Lipinski definition) is 2. The molecule has 3 rings (SSSR count). The normalized spacial score (nSPS) is 12.9. The third-order valence-electron chi connectivity index (χ3n) is 3.14. The maximum Gasteiger partial charge on any atom is 0.336 e. The summed E-state index contributed by atoms with van der Waals surface area (Å²) in [6, 6.07) is 13.1. The Bertz CT molecular complexity index is 603. The Morgan fingerprint density at radius 3 is 2.67 bits per heavy atom.